The normalized spacial score (nSPS) is 14.2. The molecule has 0 fully saturated rings. The van der Waals surface area contributed by atoms with E-state index < -0.39 is 97.5 Å². The molecular formula is C70H132O17P2. The molecule has 89 heavy (non-hydrogen) atoms. The number of hydrogen-bond acceptors (Lipinski definition) is 15. The fourth-order valence-corrected chi connectivity index (χ4v) is 11.7. The second-order valence-corrected chi connectivity index (χ2v) is 27.5. The second-order valence-electron chi connectivity index (χ2n) is 24.6. The van der Waals surface area contributed by atoms with E-state index in [9.17, 15) is 43.2 Å². The number of carbonyl (C=O) groups excluding carboxylic acids is 4. The summed E-state index contributed by atoms with van der Waals surface area (Å²) in [5.41, 5.74) is 0. The number of ether oxygens (including phenoxy) is 4. The molecule has 0 saturated heterocycles. The Morgan fingerprint density at radius 2 is 0.539 bits per heavy atom. The Morgan fingerprint density at radius 1 is 0.315 bits per heavy atom. The van der Waals surface area contributed by atoms with E-state index in [1.165, 1.54) is 128 Å². The van der Waals surface area contributed by atoms with Crippen LogP contribution in [0.3, 0.4) is 0 Å². The Bertz CT molecular complexity index is 1800. The molecule has 0 aromatic rings. The van der Waals surface area contributed by atoms with Crippen LogP contribution in [0, 0.1) is 0 Å². The number of phosphoric acid groups is 2. The number of carbonyl (C=O) groups is 4. The molecule has 0 bridgehead atoms. The summed E-state index contributed by atoms with van der Waals surface area (Å²) < 4.78 is 68.0. The third-order valence-electron chi connectivity index (χ3n) is 15.7. The molecule has 0 aromatic carbocycles. The summed E-state index contributed by atoms with van der Waals surface area (Å²) in [7, 11) is -9.90. The lowest BCUT2D eigenvalue weighted by Crippen LogP contribution is -2.30. The molecule has 0 aliphatic carbocycles. The number of aliphatic hydroxyl groups excluding tert-OH is 1. The molecule has 2 unspecified atom stereocenters. The van der Waals surface area contributed by atoms with E-state index in [4.69, 9.17) is 37.0 Å². The molecule has 0 aliphatic heterocycles. The van der Waals surface area contributed by atoms with Gasteiger partial charge in [0.25, 0.3) is 0 Å². The van der Waals surface area contributed by atoms with Crippen molar-refractivity contribution >= 4 is 39.5 Å². The first-order chi connectivity index (χ1) is 43.2. The summed E-state index contributed by atoms with van der Waals surface area (Å²) in [6.07, 6.45) is 55.4. The van der Waals surface area contributed by atoms with Gasteiger partial charge in [-0.25, -0.2) is 9.13 Å². The highest BCUT2D eigenvalue weighted by molar-refractivity contribution is 7.47. The molecule has 524 valence electrons. The Morgan fingerprint density at radius 3 is 0.820 bits per heavy atom. The van der Waals surface area contributed by atoms with Crippen LogP contribution in [0.4, 0.5) is 0 Å². The Labute approximate surface area is 542 Å². The van der Waals surface area contributed by atoms with Crippen LogP contribution in [0.5, 0.6) is 0 Å². The monoisotopic (exact) mass is 1310 g/mol. The van der Waals surface area contributed by atoms with E-state index in [1.54, 1.807) is 0 Å². The molecule has 0 radical (unpaired) electrons. The van der Waals surface area contributed by atoms with Gasteiger partial charge in [-0.1, -0.05) is 290 Å². The largest absolute Gasteiger partial charge is 0.472 e. The summed E-state index contributed by atoms with van der Waals surface area (Å²) in [4.78, 5) is 72.2. The summed E-state index contributed by atoms with van der Waals surface area (Å²) >= 11 is 0. The number of unbranched alkanes of at least 4 members (excludes halogenated alkanes) is 40. The van der Waals surface area contributed by atoms with Crippen molar-refractivity contribution in [1.82, 2.24) is 0 Å². The molecule has 0 rings (SSSR count). The van der Waals surface area contributed by atoms with E-state index in [2.05, 4.69) is 52.0 Å². The standard InChI is InChI=1S/C70H132O17P2/c1-5-9-13-17-21-23-25-27-29-30-31-32-33-35-37-39-41-45-49-53-57-70(75)87-66(61-81-68(73)55-51-47-44-40-38-36-34-28-26-24-22-18-14-10-6-2)63-85-89(78,79)83-59-64(71)58-82-88(76,77)84-62-65(86-69(74)56-52-48-43-20-16-12-8-4)60-80-67(72)54-50-46-42-19-15-11-7-3/h24,26,28,34,64-66,71H,5-23,25,27,29-33,35-63H2,1-4H3,(H,76,77)(H,78,79)/b26-24-,34-28-/t64-,65+,66+/m0/s1. The molecule has 0 aromatic heterocycles. The van der Waals surface area contributed by atoms with Gasteiger partial charge in [-0.15, -0.1) is 0 Å². The lowest BCUT2D eigenvalue weighted by atomic mass is 10.0. The van der Waals surface area contributed by atoms with Gasteiger partial charge in [0, 0.05) is 25.7 Å². The number of esters is 4. The van der Waals surface area contributed by atoms with Crippen LogP contribution in [0.15, 0.2) is 24.3 Å². The Balaban J connectivity index is 5.16. The highest BCUT2D eigenvalue weighted by Gasteiger charge is 2.30. The molecule has 0 saturated carbocycles. The van der Waals surface area contributed by atoms with Crippen molar-refractivity contribution in [3.8, 4) is 0 Å². The van der Waals surface area contributed by atoms with E-state index in [0.717, 1.165) is 135 Å². The molecule has 0 amide bonds. The first-order valence-electron chi connectivity index (χ1n) is 36.1. The molecule has 5 atom stereocenters. The van der Waals surface area contributed by atoms with Crippen molar-refractivity contribution in [3.63, 3.8) is 0 Å². The lowest BCUT2D eigenvalue weighted by molar-refractivity contribution is -0.161. The summed E-state index contributed by atoms with van der Waals surface area (Å²) in [5, 5.41) is 10.5. The molecule has 3 N–H and O–H groups in total. The van der Waals surface area contributed by atoms with Crippen molar-refractivity contribution in [2.75, 3.05) is 39.6 Å². The Kier molecular flexibility index (Phi) is 62.5. The van der Waals surface area contributed by atoms with Crippen LogP contribution in [0.1, 0.15) is 342 Å². The molecule has 19 heteroatoms. The van der Waals surface area contributed by atoms with E-state index in [-0.39, 0.29) is 25.7 Å². The van der Waals surface area contributed by atoms with Gasteiger partial charge in [0.05, 0.1) is 26.4 Å². The fraction of sp³-hybridized carbons (Fsp3) is 0.886. The number of phosphoric ester groups is 2. The Hall–Kier alpha value is -2.46. The highest BCUT2D eigenvalue weighted by Crippen LogP contribution is 2.45. The van der Waals surface area contributed by atoms with Crippen LogP contribution in [-0.2, 0) is 65.4 Å². The van der Waals surface area contributed by atoms with E-state index in [0.29, 0.717) is 25.7 Å². The fourth-order valence-electron chi connectivity index (χ4n) is 10.2. The topological polar surface area (TPSA) is 237 Å². The van der Waals surface area contributed by atoms with Gasteiger partial charge < -0.3 is 33.8 Å². The van der Waals surface area contributed by atoms with Crippen molar-refractivity contribution in [1.29, 1.82) is 0 Å². The number of hydrogen-bond donors (Lipinski definition) is 3. The minimum atomic E-state index is -4.96. The van der Waals surface area contributed by atoms with Gasteiger partial charge in [0.15, 0.2) is 12.2 Å². The molecule has 0 heterocycles. The zero-order chi connectivity index (χ0) is 65.4. The van der Waals surface area contributed by atoms with Gasteiger partial charge in [-0.3, -0.25) is 37.3 Å². The average Bonchev–Trinajstić information content (AvgIpc) is 3.68. The summed E-state index contributed by atoms with van der Waals surface area (Å²) in [6, 6.07) is 0. The minimum Gasteiger partial charge on any atom is -0.462 e. The summed E-state index contributed by atoms with van der Waals surface area (Å²) in [5.74, 6) is -2.16. The zero-order valence-electron chi connectivity index (χ0n) is 56.9. The van der Waals surface area contributed by atoms with Crippen LogP contribution in [0.25, 0.3) is 0 Å². The first-order valence-corrected chi connectivity index (χ1v) is 39.1. The van der Waals surface area contributed by atoms with Crippen LogP contribution >= 0.6 is 15.6 Å². The first kappa shape index (κ1) is 86.5. The maximum atomic E-state index is 13.0. The van der Waals surface area contributed by atoms with Crippen molar-refractivity contribution < 1.29 is 80.2 Å². The quantitative estimate of drug-likeness (QED) is 0.0169. The van der Waals surface area contributed by atoms with Gasteiger partial charge in [0.2, 0.25) is 0 Å². The van der Waals surface area contributed by atoms with Crippen LogP contribution in [0.2, 0.25) is 0 Å². The molecule has 0 spiro atoms. The van der Waals surface area contributed by atoms with Gasteiger partial charge >= 0.3 is 39.5 Å². The third-order valence-corrected chi connectivity index (χ3v) is 17.6. The van der Waals surface area contributed by atoms with Crippen molar-refractivity contribution in [2.45, 2.75) is 361 Å². The average molecular weight is 1310 g/mol. The summed E-state index contributed by atoms with van der Waals surface area (Å²) in [6.45, 7) is 4.78. The predicted octanol–water partition coefficient (Wildman–Crippen LogP) is 19.8. The van der Waals surface area contributed by atoms with Gasteiger partial charge in [0.1, 0.15) is 19.3 Å². The van der Waals surface area contributed by atoms with Gasteiger partial charge in [-0.2, -0.15) is 0 Å². The maximum absolute atomic E-state index is 13.0. The van der Waals surface area contributed by atoms with E-state index >= 15 is 0 Å². The van der Waals surface area contributed by atoms with Crippen LogP contribution < -0.4 is 0 Å². The van der Waals surface area contributed by atoms with E-state index in [1.807, 2.05) is 0 Å². The number of allylic oxidation sites excluding steroid dienone is 4. The second kappa shape index (κ2) is 64.3. The third kappa shape index (κ3) is 64.1. The predicted molar refractivity (Wildman–Crippen MR) is 358 cm³/mol. The SMILES string of the molecule is CCCCCC/C=C\C=C/CCCCCCCC(=O)OC[C@H](COP(=O)(O)OC[C@@H](O)COP(=O)(O)OC[C@@H](COC(=O)CCCCCCCCC)OC(=O)CCCCCCCCC)OC(=O)CCCCCCCCCCCCCCCCCCCCCC. The number of aliphatic hydroxyl groups is 1. The van der Waals surface area contributed by atoms with Gasteiger partial charge in [-0.05, 0) is 51.4 Å². The minimum absolute atomic E-state index is 0.101. The molecule has 17 nitrogen and oxygen atoms in total. The number of rotatable bonds is 69. The molecular weight excluding hydrogens is 1170 g/mol. The smallest absolute Gasteiger partial charge is 0.462 e. The zero-order valence-corrected chi connectivity index (χ0v) is 58.7. The lowest BCUT2D eigenvalue weighted by Gasteiger charge is -2.21. The van der Waals surface area contributed by atoms with Crippen molar-refractivity contribution in [2.24, 2.45) is 0 Å². The highest BCUT2D eigenvalue weighted by atomic mass is 31.2. The van der Waals surface area contributed by atoms with Crippen LogP contribution in [-0.4, -0.2) is 96.7 Å². The van der Waals surface area contributed by atoms with Crippen molar-refractivity contribution in [3.05, 3.63) is 24.3 Å². The maximum Gasteiger partial charge on any atom is 0.472 e. The molecule has 0 aliphatic rings.